The van der Waals surface area contributed by atoms with E-state index in [1.807, 2.05) is 18.2 Å². The van der Waals surface area contributed by atoms with Gasteiger partial charge in [-0.3, -0.25) is 4.79 Å². The molecule has 0 radical (unpaired) electrons. The molecule has 100 valence electrons. The van der Waals surface area contributed by atoms with Gasteiger partial charge in [0.2, 0.25) is 0 Å². The number of nitrogens with one attached hydrogen (secondary N) is 1. The third kappa shape index (κ3) is 5.57. The fourth-order valence-corrected chi connectivity index (χ4v) is 3.39. The topological polar surface area (TPSA) is 29.1 Å². The molecule has 1 unspecified atom stereocenters. The van der Waals surface area contributed by atoms with E-state index in [1.165, 1.54) is 0 Å². The smallest absolute Gasteiger partial charge is 0.252 e. The molecule has 0 aliphatic heterocycles. The van der Waals surface area contributed by atoms with Crippen molar-refractivity contribution in [1.29, 1.82) is 0 Å². The Labute approximate surface area is 139 Å². The summed E-state index contributed by atoms with van der Waals surface area (Å²) in [5.41, 5.74) is 0.686. The van der Waals surface area contributed by atoms with Crippen molar-refractivity contribution in [3.63, 3.8) is 0 Å². The molecule has 18 heavy (non-hydrogen) atoms. The summed E-state index contributed by atoms with van der Waals surface area (Å²) >= 11 is 9.19. The quantitative estimate of drug-likeness (QED) is 0.476. The van der Waals surface area contributed by atoms with Gasteiger partial charge in [0.25, 0.3) is 5.91 Å². The van der Waals surface area contributed by atoms with Gasteiger partial charge in [-0.25, -0.2) is 0 Å². The molecule has 0 aliphatic rings. The average molecular weight is 489 g/mol. The van der Waals surface area contributed by atoms with Crippen molar-refractivity contribution in [1.82, 2.24) is 5.32 Å². The van der Waals surface area contributed by atoms with Crippen LogP contribution in [0.3, 0.4) is 0 Å². The van der Waals surface area contributed by atoms with Gasteiger partial charge in [0.15, 0.2) is 0 Å². The number of halogens is 3. The molecular formula is C13H16Br2INO. The fraction of sp³-hybridized carbons (Fsp3) is 0.462. The molecule has 1 N–H and O–H groups in total. The van der Waals surface area contributed by atoms with E-state index in [-0.39, 0.29) is 5.91 Å². The van der Waals surface area contributed by atoms with Gasteiger partial charge >= 0.3 is 0 Å². The molecule has 0 aromatic heterocycles. The molecular weight excluding hydrogens is 473 g/mol. The Kier molecular flexibility index (Phi) is 7.16. The molecule has 5 heteroatoms. The van der Waals surface area contributed by atoms with E-state index in [0.717, 1.165) is 14.5 Å². The summed E-state index contributed by atoms with van der Waals surface area (Å²) in [5, 5.41) is 2.95. The van der Waals surface area contributed by atoms with Crippen LogP contribution in [0.4, 0.5) is 0 Å². The summed E-state index contributed by atoms with van der Waals surface area (Å²) in [5.74, 6) is 0.587. The predicted molar refractivity (Wildman–Crippen MR) is 91.4 cm³/mol. The van der Waals surface area contributed by atoms with Crippen LogP contribution in [-0.2, 0) is 0 Å². The highest BCUT2D eigenvalue weighted by Crippen LogP contribution is 2.19. The van der Waals surface area contributed by atoms with Crippen LogP contribution < -0.4 is 5.32 Å². The highest BCUT2D eigenvalue weighted by atomic mass is 127. The molecule has 0 aliphatic carbocycles. The maximum Gasteiger partial charge on any atom is 0.252 e. The zero-order chi connectivity index (χ0) is 13.7. The molecule has 0 saturated heterocycles. The molecule has 1 aromatic carbocycles. The van der Waals surface area contributed by atoms with Gasteiger partial charge < -0.3 is 5.32 Å². The molecule has 0 bridgehead atoms. The number of benzene rings is 1. The maximum atomic E-state index is 12.0. The summed E-state index contributed by atoms with van der Waals surface area (Å²) < 4.78 is 1.88. The van der Waals surface area contributed by atoms with E-state index in [0.29, 0.717) is 22.9 Å². The van der Waals surface area contributed by atoms with Crippen molar-refractivity contribution in [3.05, 3.63) is 31.8 Å². The second-order valence-corrected chi connectivity index (χ2v) is 7.96. The first-order valence-electron chi connectivity index (χ1n) is 5.77. The van der Waals surface area contributed by atoms with Gasteiger partial charge in [-0.1, -0.05) is 29.8 Å². The minimum atomic E-state index is -0.0337. The summed E-state index contributed by atoms with van der Waals surface area (Å²) in [4.78, 5) is 12.4. The zero-order valence-corrected chi connectivity index (χ0v) is 15.7. The molecule has 1 aromatic rings. The zero-order valence-electron chi connectivity index (χ0n) is 10.3. The first kappa shape index (κ1) is 16.4. The molecule has 0 spiro atoms. The second kappa shape index (κ2) is 7.85. The summed E-state index contributed by atoms with van der Waals surface area (Å²) in [6.45, 7) is 4.99. The Morgan fingerprint density at radius 3 is 2.72 bits per heavy atom. The number of carbonyl (C=O) groups is 1. The lowest BCUT2D eigenvalue weighted by Gasteiger charge is -2.13. The van der Waals surface area contributed by atoms with E-state index in [2.05, 4.69) is 73.6 Å². The van der Waals surface area contributed by atoms with Gasteiger partial charge in [0.1, 0.15) is 0 Å². The molecule has 1 atom stereocenters. The molecule has 1 amide bonds. The molecule has 0 heterocycles. The van der Waals surface area contributed by atoms with Crippen molar-refractivity contribution in [3.8, 4) is 0 Å². The van der Waals surface area contributed by atoms with Crippen molar-refractivity contribution >= 4 is 60.4 Å². The molecule has 1 rings (SSSR count). The van der Waals surface area contributed by atoms with Crippen LogP contribution in [0.2, 0.25) is 0 Å². The Morgan fingerprint density at radius 1 is 1.44 bits per heavy atom. The van der Waals surface area contributed by atoms with Crippen molar-refractivity contribution in [2.24, 2.45) is 5.92 Å². The Balaban J connectivity index is 2.58. The Bertz CT molecular complexity index is 423. The maximum absolute atomic E-state index is 12.0. The minimum Gasteiger partial charge on any atom is -0.351 e. The van der Waals surface area contributed by atoms with Crippen LogP contribution in [0.15, 0.2) is 22.7 Å². The molecule has 0 saturated carbocycles. The second-order valence-electron chi connectivity index (χ2n) is 4.56. The lowest BCUT2D eigenvalue weighted by Crippen LogP contribution is -2.30. The van der Waals surface area contributed by atoms with Crippen molar-refractivity contribution in [2.75, 3.05) is 6.54 Å². The first-order valence-corrected chi connectivity index (χ1v) is 8.56. The normalized spacial score (nSPS) is 12.6. The van der Waals surface area contributed by atoms with E-state index in [4.69, 9.17) is 0 Å². The summed E-state index contributed by atoms with van der Waals surface area (Å²) in [7, 11) is 0. The summed E-state index contributed by atoms with van der Waals surface area (Å²) in [6.07, 6.45) is 1.05. The fourth-order valence-electron chi connectivity index (χ4n) is 1.57. The SMILES string of the molecule is CC(C)CC(Br)CNC(=O)c1cc(I)ccc1Br. The largest absolute Gasteiger partial charge is 0.351 e. The Morgan fingerprint density at radius 2 is 2.11 bits per heavy atom. The number of alkyl halides is 1. The first-order chi connectivity index (χ1) is 8.40. The van der Waals surface area contributed by atoms with Crippen LogP contribution in [0.1, 0.15) is 30.6 Å². The van der Waals surface area contributed by atoms with Crippen LogP contribution in [0.25, 0.3) is 0 Å². The molecule has 2 nitrogen and oxygen atoms in total. The van der Waals surface area contributed by atoms with Crippen LogP contribution in [0, 0.1) is 9.49 Å². The minimum absolute atomic E-state index is 0.0337. The highest BCUT2D eigenvalue weighted by molar-refractivity contribution is 14.1. The lowest BCUT2D eigenvalue weighted by molar-refractivity contribution is 0.0952. The number of hydrogen-bond donors (Lipinski definition) is 1. The van der Waals surface area contributed by atoms with Crippen LogP contribution >= 0.6 is 54.5 Å². The Hall–Kier alpha value is 0.380. The third-order valence-corrected chi connectivity index (χ3v) is 4.44. The van der Waals surface area contributed by atoms with Gasteiger partial charge in [-0.15, -0.1) is 0 Å². The van der Waals surface area contributed by atoms with Crippen LogP contribution in [0.5, 0.6) is 0 Å². The van der Waals surface area contributed by atoms with Gasteiger partial charge in [-0.05, 0) is 69.1 Å². The lowest BCUT2D eigenvalue weighted by atomic mass is 10.1. The third-order valence-electron chi connectivity index (χ3n) is 2.38. The number of rotatable bonds is 5. The van der Waals surface area contributed by atoms with Gasteiger partial charge in [0.05, 0.1) is 5.56 Å². The van der Waals surface area contributed by atoms with Gasteiger partial charge in [-0.2, -0.15) is 0 Å². The number of carbonyl (C=O) groups excluding carboxylic acids is 1. The summed E-state index contributed by atoms with van der Waals surface area (Å²) in [6, 6.07) is 5.75. The van der Waals surface area contributed by atoms with Gasteiger partial charge in [0, 0.05) is 19.4 Å². The standard InChI is InChI=1S/C13H16Br2INO/c1-8(2)5-9(14)7-17-13(18)11-6-10(16)3-4-12(11)15/h3-4,6,8-9H,5,7H2,1-2H3,(H,17,18). The molecule has 0 fully saturated rings. The monoisotopic (exact) mass is 487 g/mol. The highest BCUT2D eigenvalue weighted by Gasteiger charge is 2.13. The van der Waals surface area contributed by atoms with Crippen molar-refractivity contribution in [2.45, 2.75) is 25.1 Å². The van der Waals surface area contributed by atoms with Crippen molar-refractivity contribution < 1.29 is 4.79 Å². The predicted octanol–water partition coefficient (Wildman–Crippen LogP) is 4.59. The van der Waals surface area contributed by atoms with E-state index < -0.39 is 0 Å². The number of hydrogen-bond acceptors (Lipinski definition) is 1. The van der Waals surface area contributed by atoms with E-state index in [9.17, 15) is 4.79 Å². The number of amides is 1. The van der Waals surface area contributed by atoms with E-state index >= 15 is 0 Å². The van der Waals surface area contributed by atoms with E-state index in [1.54, 1.807) is 0 Å². The average Bonchev–Trinajstić information content (AvgIpc) is 2.28. The van der Waals surface area contributed by atoms with Crippen LogP contribution in [-0.4, -0.2) is 17.3 Å².